The second kappa shape index (κ2) is 6.51. The summed E-state index contributed by atoms with van der Waals surface area (Å²) in [5.74, 6) is -1.48. The Morgan fingerprint density at radius 1 is 1.29 bits per heavy atom. The molecule has 1 N–H and O–H groups in total. The van der Waals surface area contributed by atoms with Gasteiger partial charge in [0.05, 0.1) is 5.56 Å². The van der Waals surface area contributed by atoms with Gasteiger partial charge in [-0.25, -0.2) is 9.37 Å². The fourth-order valence-electron chi connectivity index (χ4n) is 1.56. The van der Waals surface area contributed by atoms with Crippen LogP contribution in [-0.2, 0) is 10.8 Å². The Labute approximate surface area is 132 Å². The van der Waals surface area contributed by atoms with Crippen molar-refractivity contribution in [2.45, 2.75) is 4.90 Å². The Bertz CT molecular complexity index is 740. The zero-order valence-electron chi connectivity index (χ0n) is 10.7. The lowest BCUT2D eigenvalue weighted by Gasteiger charge is -2.08. The van der Waals surface area contributed by atoms with Gasteiger partial charge in [-0.15, -0.1) is 0 Å². The smallest absolute Gasteiger partial charge is 0.258 e. The summed E-state index contributed by atoms with van der Waals surface area (Å²) in [6, 6.07) is 7.40. The first-order chi connectivity index (χ1) is 9.88. The first-order valence-corrected chi connectivity index (χ1v) is 7.96. The predicted octanol–water partition coefficient (Wildman–Crippen LogP) is 3.52. The highest BCUT2D eigenvalue weighted by molar-refractivity contribution is 7.84. The average molecular weight is 347 g/mol. The number of halogens is 3. The van der Waals surface area contributed by atoms with Gasteiger partial charge in [-0.05, 0) is 24.3 Å². The van der Waals surface area contributed by atoms with Crippen LogP contribution >= 0.6 is 23.2 Å². The minimum absolute atomic E-state index is 0.137. The molecule has 2 rings (SSSR count). The minimum atomic E-state index is -1.18. The van der Waals surface area contributed by atoms with Gasteiger partial charge in [0.1, 0.15) is 5.15 Å². The first kappa shape index (κ1) is 15.9. The molecule has 0 saturated carbocycles. The van der Waals surface area contributed by atoms with Crippen molar-refractivity contribution in [2.24, 2.45) is 0 Å². The molecule has 1 aromatic heterocycles. The molecule has 0 fully saturated rings. The van der Waals surface area contributed by atoms with Gasteiger partial charge in [0.15, 0.2) is 11.0 Å². The van der Waals surface area contributed by atoms with Crippen molar-refractivity contribution < 1.29 is 13.4 Å². The number of hydrogen-bond acceptors (Lipinski definition) is 3. The van der Waals surface area contributed by atoms with Crippen LogP contribution in [0, 0.1) is 5.82 Å². The van der Waals surface area contributed by atoms with Gasteiger partial charge < -0.3 is 5.32 Å². The molecule has 0 bridgehead atoms. The van der Waals surface area contributed by atoms with Crippen LogP contribution < -0.4 is 5.32 Å². The number of carbonyl (C=O) groups excluding carboxylic acids is 1. The van der Waals surface area contributed by atoms with E-state index >= 15 is 0 Å². The number of hydrogen-bond donors (Lipinski definition) is 1. The molecule has 0 aliphatic carbocycles. The molecule has 8 heteroatoms. The van der Waals surface area contributed by atoms with E-state index < -0.39 is 27.7 Å². The van der Waals surface area contributed by atoms with Crippen LogP contribution in [0.15, 0.2) is 35.2 Å². The lowest BCUT2D eigenvalue weighted by Crippen LogP contribution is -2.14. The Morgan fingerprint density at radius 3 is 2.67 bits per heavy atom. The van der Waals surface area contributed by atoms with E-state index in [9.17, 15) is 13.4 Å². The maximum atomic E-state index is 13.4. The summed E-state index contributed by atoms with van der Waals surface area (Å²) in [6.07, 6.45) is 1.52. The van der Waals surface area contributed by atoms with Crippen LogP contribution in [0.25, 0.3) is 0 Å². The summed E-state index contributed by atoms with van der Waals surface area (Å²) in [5, 5.41) is 1.93. The molecule has 0 aliphatic heterocycles. The monoisotopic (exact) mass is 346 g/mol. The van der Waals surface area contributed by atoms with Crippen molar-refractivity contribution in [3.05, 3.63) is 52.0 Å². The van der Waals surface area contributed by atoms with Crippen molar-refractivity contribution in [1.82, 2.24) is 4.98 Å². The Hall–Kier alpha value is -1.50. The Morgan fingerprint density at radius 2 is 2.00 bits per heavy atom. The summed E-state index contributed by atoms with van der Waals surface area (Å²) >= 11 is 11.2. The van der Waals surface area contributed by atoms with Crippen LogP contribution in [0.5, 0.6) is 0 Å². The number of nitrogens with zero attached hydrogens (tertiary/aromatic N) is 1. The molecule has 1 atom stereocenters. The first-order valence-electron chi connectivity index (χ1n) is 5.65. The Kier molecular flexibility index (Phi) is 4.92. The summed E-state index contributed by atoms with van der Waals surface area (Å²) < 4.78 is 24.7. The number of nitrogens with one attached hydrogen (secondary N) is 1. The third-order valence-corrected chi connectivity index (χ3v) is 4.03. The van der Waals surface area contributed by atoms with Gasteiger partial charge in [0.25, 0.3) is 5.91 Å². The van der Waals surface area contributed by atoms with E-state index in [0.717, 1.165) is 6.07 Å². The molecule has 0 radical (unpaired) electrons. The quantitative estimate of drug-likeness (QED) is 0.865. The number of amides is 1. The number of anilines is 1. The zero-order chi connectivity index (χ0) is 15.6. The zero-order valence-corrected chi connectivity index (χ0v) is 13.0. The van der Waals surface area contributed by atoms with E-state index in [4.69, 9.17) is 23.2 Å². The van der Waals surface area contributed by atoms with Gasteiger partial charge in [-0.3, -0.25) is 9.00 Å². The van der Waals surface area contributed by atoms with Crippen LogP contribution in [0.1, 0.15) is 10.4 Å². The summed E-state index contributed by atoms with van der Waals surface area (Å²) in [6.45, 7) is 0. The van der Waals surface area contributed by atoms with Crippen LogP contribution in [-0.4, -0.2) is 21.4 Å². The van der Waals surface area contributed by atoms with Crippen molar-refractivity contribution in [3.8, 4) is 0 Å². The molecule has 0 saturated heterocycles. The maximum Gasteiger partial charge on any atom is 0.258 e. The van der Waals surface area contributed by atoms with Gasteiger partial charge in [0, 0.05) is 27.6 Å². The molecule has 110 valence electrons. The third-order valence-electron chi connectivity index (χ3n) is 2.56. The summed E-state index contributed by atoms with van der Waals surface area (Å²) in [7, 11) is -1.18. The van der Waals surface area contributed by atoms with E-state index in [-0.39, 0.29) is 10.7 Å². The predicted molar refractivity (Wildman–Crippen MR) is 80.9 cm³/mol. The number of pyridine rings is 1. The lowest BCUT2D eigenvalue weighted by atomic mass is 10.2. The molecular weight excluding hydrogens is 338 g/mol. The van der Waals surface area contributed by atoms with E-state index in [1.54, 1.807) is 24.3 Å². The standard InChI is InChI=1S/C13H9Cl2FN2O2S/c1-21(20)8-4-2-3-7(5-8)17-13(19)9-6-10(16)12(15)18-11(9)14/h2-6H,1H3,(H,17,19). The second-order valence-corrected chi connectivity index (χ2v) is 6.13. The van der Waals surface area contributed by atoms with Gasteiger partial charge in [0.2, 0.25) is 0 Å². The number of rotatable bonds is 3. The molecular formula is C13H9Cl2FN2O2S. The van der Waals surface area contributed by atoms with Crippen molar-refractivity contribution >= 4 is 45.6 Å². The number of aromatic nitrogens is 1. The number of carbonyl (C=O) groups is 1. The highest BCUT2D eigenvalue weighted by Crippen LogP contribution is 2.22. The highest BCUT2D eigenvalue weighted by Gasteiger charge is 2.16. The third kappa shape index (κ3) is 3.78. The van der Waals surface area contributed by atoms with E-state index in [2.05, 4.69) is 10.3 Å². The van der Waals surface area contributed by atoms with Crippen LogP contribution in [0.4, 0.5) is 10.1 Å². The highest BCUT2D eigenvalue weighted by atomic mass is 35.5. The molecule has 1 unspecified atom stereocenters. The summed E-state index contributed by atoms with van der Waals surface area (Å²) in [5.41, 5.74) is 0.278. The summed E-state index contributed by atoms with van der Waals surface area (Å²) in [4.78, 5) is 16.1. The van der Waals surface area contributed by atoms with E-state index in [1.165, 1.54) is 6.26 Å². The van der Waals surface area contributed by atoms with Crippen LogP contribution in [0.2, 0.25) is 10.3 Å². The normalized spacial score (nSPS) is 12.0. The Balaban J connectivity index is 2.28. The van der Waals surface area contributed by atoms with Crippen molar-refractivity contribution in [3.63, 3.8) is 0 Å². The van der Waals surface area contributed by atoms with Crippen LogP contribution in [0.3, 0.4) is 0 Å². The molecule has 1 amide bonds. The fourth-order valence-corrected chi connectivity index (χ4v) is 2.53. The van der Waals surface area contributed by atoms with E-state index in [0.29, 0.717) is 10.6 Å². The van der Waals surface area contributed by atoms with Gasteiger partial charge in [-0.1, -0.05) is 29.3 Å². The molecule has 0 aliphatic rings. The van der Waals surface area contributed by atoms with Gasteiger partial charge >= 0.3 is 0 Å². The maximum absolute atomic E-state index is 13.4. The van der Waals surface area contributed by atoms with E-state index in [1.807, 2.05) is 0 Å². The fraction of sp³-hybridized carbons (Fsp3) is 0.0769. The largest absolute Gasteiger partial charge is 0.322 e. The molecule has 0 spiro atoms. The SMILES string of the molecule is CS(=O)c1cccc(NC(=O)c2cc(F)c(Cl)nc2Cl)c1. The van der Waals surface area contributed by atoms with Crippen molar-refractivity contribution in [1.29, 1.82) is 0 Å². The molecule has 4 nitrogen and oxygen atoms in total. The average Bonchev–Trinajstić information content (AvgIpc) is 2.43. The number of benzene rings is 1. The minimum Gasteiger partial charge on any atom is -0.322 e. The molecule has 1 aromatic carbocycles. The molecule has 1 heterocycles. The molecule has 2 aromatic rings. The van der Waals surface area contributed by atoms with Crippen molar-refractivity contribution in [2.75, 3.05) is 11.6 Å². The lowest BCUT2D eigenvalue weighted by molar-refractivity contribution is 0.102. The molecule has 21 heavy (non-hydrogen) atoms. The second-order valence-electron chi connectivity index (χ2n) is 4.04. The van der Waals surface area contributed by atoms with Gasteiger partial charge in [-0.2, -0.15) is 0 Å². The topological polar surface area (TPSA) is 59.1 Å².